The minimum Gasteiger partial charge on any atom is -0.241 e. The monoisotopic (exact) mass is 262 g/mol. The molecule has 0 saturated heterocycles. The van der Waals surface area contributed by atoms with E-state index in [1.54, 1.807) is 0 Å². The molecule has 0 saturated carbocycles. The lowest BCUT2D eigenvalue weighted by molar-refractivity contribution is 0.590. The second-order valence-electron chi connectivity index (χ2n) is 3.80. The highest BCUT2D eigenvalue weighted by atomic mass is 35.5. The molecule has 0 spiro atoms. The topological polar surface area (TPSA) is 59.9 Å². The number of sulfone groups is 1. The lowest BCUT2D eigenvalue weighted by atomic mass is 10.1. The van der Waals surface area contributed by atoms with Gasteiger partial charge in [0.25, 0.3) is 0 Å². The molecule has 1 aromatic rings. The molecule has 0 N–H and O–H groups in total. The minimum absolute atomic E-state index is 0.0328. The first-order valence-corrected chi connectivity index (χ1v) is 7.26. The van der Waals surface area contributed by atoms with Gasteiger partial charge in [-0.2, -0.15) is 0 Å². The highest BCUT2D eigenvalue weighted by Crippen LogP contribution is 2.15. The molecule has 0 amide bonds. The molecule has 0 radical (unpaired) electrons. The standard InChI is InChI=1S/C10H15ClN2O2S/c1-8(2)9-6-10(13-7-12-9)16(14,15)5-3-4-11/h6-8H,3-5H2,1-2H3. The Labute approximate surface area is 101 Å². The van der Waals surface area contributed by atoms with E-state index in [4.69, 9.17) is 11.6 Å². The summed E-state index contributed by atoms with van der Waals surface area (Å²) in [6.45, 7) is 3.91. The molecule has 0 aromatic carbocycles. The number of halogens is 1. The van der Waals surface area contributed by atoms with Crippen LogP contribution in [0.3, 0.4) is 0 Å². The molecular weight excluding hydrogens is 248 g/mol. The van der Waals surface area contributed by atoms with E-state index in [-0.39, 0.29) is 16.7 Å². The highest BCUT2D eigenvalue weighted by molar-refractivity contribution is 7.91. The van der Waals surface area contributed by atoms with Crippen LogP contribution in [0.2, 0.25) is 0 Å². The molecule has 0 aliphatic heterocycles. The zero-order chi connectivity index (χ0) is 12.2. The number of alkyl halides is 1. The lowest BCUT2D eigenvalue weighted by Crippen LogP contribution is -2.10. The van der Waals surface area contributed by atoms with E-state index in [1.165, 1.54) is 12.4 Å². The number of aromatic nitrogens is 2. The van der Waals surface area contributed by atoms with Crippen molar-refractivity contribution in [1.29, 1.82) is 0 Å². The van der Waals surface area contributed by atoms with E-state index in [2.05, 4.69) is 9.97 Å². The van der Waals surface area contributed by atoms with Gasteiger partial charge in [0.15, 0.2) is 14.9 Å². The Kier molecular flexibility index (Phi) is 4.68. The summed E-state index contributed by atoms with van der Waals surface area (Å²) in [5.41, 5.74) is 0.736. The first-order chi connectivity index (χ1) is 7.47. The molecule has 0 bridgehead atoms. The normalized spacial score (nSPS) is 12.0. The van der Waals surface area contributed by atoms with E-state index in [1.807, 2.05) is 13.8 Å². The predicted octanol–water partition coefficient (Wildman–Crippen LogP) is 2.00. The van der Waals surface area contributed by atoms with E-state index in [0.717, 1.165) is 5.69 Å². The summed E-state index contributed by atoms with van der Waals surface area (Å²) in [4.78, 5) is 7.84. The van der Waals surface area contributed by atoms with Crippen molar-refractivity contribution in [3.05, 3.63) is 18.1 Å². The Morgan fingerprint density at radius 3 is 2.62 bits per heavy atom. The molecule has 0 aliphatic rings. The molecule has 0 fully saturated rings. The SMILES string of the molecule is CC(C)c1cc(S(=O)(=O)CCCCl)ncn1. The van der Waals surface area contributed by atoms with Gasteiger partial charge in [-0.1, -0.05) is 13.8 Å². The Morgan fingerprint density at radius 1 is 1.38 bits per heavy atom. The van der Waals surface area contributed by atoms with Gasteiger partial charge in [-0.25, -0.2) is 18.4 Å². The summed E-state index contributed by atoms with van der Waals surface area (Å²) >= 11 is 5.48. The van der Waals surface area contributed by atoms with Crippen LogP contribution in [0, 0.1) is 0 Å². The summed E-state index contributed by atoms with van der Waals surface area (Å²) in [6.07, 6.45) is 1.73. The van der Waals surface area contributed by atoms with Gasteiger partial charge in [0.1, 0.15) is 6.33 Å². The zero-order valence-corrected chi connectivity index (χ0v) is 10.9. The fourth-order valence-electron chi connectivity index (χ4n) is 1.19. The molecule has 0 atom stereocenters. The van der Waals surface area contributed by atoms with Gasteiger partial charge in [0, 0.05) is 11.6 Å². The molecular formula is C10H15ClN2O2S. The van der Waals surface area contributed by atoms with Gasteiger partial charge >= 0.3 is 0 Å². The molecule has 0 aliphatic carbocycles. The van der Waals surface area contributed by atoms with Gasteiger partial charge in [-0.05, 0) is 18.4 Å². The number of hydrogen-bond donors (Lipinski definition) is 0. The van der Waals surface area contributed by atoms with Crippen LogP contribution < -0.4 is 0 Å². The molecule has 16 heavy (non-hydrogen) atoms. The molecule has 1 aromatic heterocycles. The summed E-state index contributed by atoms with van der Waals surface area (Å²) in [5.74, 6) is 0.553. The Morgan fingerprint density at radius 2 is 2.06 bits per heavy atom. The Hall–Kier alpha value is -0.680. The van der Waals surface area contributed by atoms with Crippen molar-refractivity contribution in [2.75, 3.05) is 11.6 Å². The fraction of sp³-hybridized carbons (Fsp3) is 0.600. The van der Waals surface area contributed by atoms with Crippen molar-refractivity contribution in [3.8, 4) is 0 Å². The van der Waals surface area contributed by atoms with Gasteiger partial charge in [-0.15, -0.1) is 11.6 Å². The van der Waals surface area contributed by atoms with Gasteiger partial charge in [0.05, 0.1) is 5.75 Å². The Bertz CT molecular complexity index is 446. The first kappa shape index (κ1) is 13.4. The number of nitrogens with zero attached hydrogens (tertiary/aromatic N) is 2. The first-order valence-electron chi connectivity index (χ1n) is 5.08. The van der Waals surface area contributed by atoms with Crippen molar-refractivity contribution in [2.45, 2.75) is 31.2 Å². The third kappa shape index (κ3) is 3.42. The second kappa shape index (κ2) is 5.59. The van der Waals surface area contributed by atoms with Gasteiger partial charge < -0.3 is 0 Å². The summed E-state index contributed by atoms with van der Waals surface area (Å²) in [6, 6.07) is 1.54. The van der Waals surface area contributed by atoms with Crippen LogP contribution in [0.5, 0.6) is 0 Å². The maximum Gasteiger partial charge on any atom is 0.195 e. The van der Waals surface area contributed by atoms with Crippen molar-refractivity contribution in [2.24, 2.45) is 0 Å². The van der Waals surface area contributed by atoms with Crippen LogP contribution in [0.1, 0.15) is 31.9 Å². The van der Waals surface area contributed by atoms with Crippen molar-refractivity contribution in [3.63, 3.8) is 0 Å². The van der Waals surface area contributed by atoms with Gasteiger partial charge in [-0.3, -0.25) is 0 Å². The van der Waals surface area contributed by atoms with E-state index < -0.39 is 9.84 Å². The van der Waals surface area contributed by atoms with Gasteiger partial charge in [0.2, 0.25) is 0 Å². The van der Waals surface area contributed by atoms with Crippen molar-refractivity contribution >= 4 is 21.4 Å². The summed E-state index contributed by atoms with van der Waals surface area (Å²) in [5, 5.41) is 0.0938. The molecule has 0 unspecified atom stereocenters. The zero-order valence-electron chi connectivity index (χ0n) is 9.35. The second-order valence-corrected chi connectivity index (χ2v) is 6.23. The maximum atomic E-state index is 11.8. The maximum absolute atomic E-state index is 11.8. The van der Waals surface area contributed by atoms with Crippen LogP contribution >= 0.6 is 11.6 Å². The average molecular weight is 263 g/mol. The van der Waals surface area contributed by atoms with Crippen molar-refractivity contribution < 1.29 is 8.42 Å². The van der Waals surface area contributed by atoms with E-state index >= 15 is 0 Å². The molecule has 90 valence electrons. The quantitative estimate of drug-likeness (QED) is 0.602. The Balaban J connectivity index is 2.99. The summed E-state index contributed by atoms with van der Waals surface area (Å²) in [7, 11) is -3.31. The van der Waals surface area contributed by atoms with Crippen LogP contribution in [0.4, 0.5) is 0 Å². The highest BCUT2D eigenvalue weighted by Gasteiger charge is 2.16. The number of hydrogen-bond acceptors (Lipinski definition) is 4. The third-order valence-corrected chi connectivity index (χ3v) is 4.07. The lowest BCUT2D eigenvalue weighted by Gasteiger charge is -2.06. The van der Waals surface area contributed by atoms with Crippen molar-refractivity contribution in [1.82, 2.24) is 9.97 Å². The summed E-state index contributed by atoms with van der Waals surface area (Å²) < 4.78 is 23.6. The predicted molar refractivity (Wildman–Crippen MR) is 63.5 cm³/mol. The molecule has 1 heterocycles. The fourth-order valence-corrected chi connectivity index (χ4v) is 2.72. The molecule has 1 rings (SSSR count). The van der Waals surface area contributed by atoms with Crippen LogP contribution in [0.25, 0.3) is 0 Å². The molecule has 4 nitrogen and oxygen atoms in total. The average Bonchev–Trinajstić information content (AvgIpc) is 2.26. The largest absolute Gasteiger partial charge is 0.241 e. The van der Waals surface area contributed by atoms with E-state index in [0.29, 0.717) is 12.3 Å². The third-order valence-electron chi connectivity index (χ3n) is 2.12. The number of rotatable bonds is 5. The van der Waals surface area contributed by atoms with Crippen LogP contribution in [-0.4, -0.2) is 30.0 Å². The smallest absolute Gasteiger partial charge is 0.195 e. The van der Waals surface area contributed by atoms with Crippen LogP contribution in [-0.2, 0) is 9.84 Å². The molecule has 6 heteroatoms. The van der Waals surface area contributed by atoms with Crippen LogP contribution in [0.15, 0.2) is 17.4 Å². The minimum atomic E-state index is -3.31. The van der Waals surface area contributed by atoms with E-state index in [9.17, 15) is 8.42 Å².